The van der Waals surface area contributed by atoms with Crippen LogP contribution in [0.15, 0.2) is 133 Å². The molecule has 2 unspecified atom stereocenters. The second-order valence-electron chi connectivity index (χ2n) is 12.2. The molecule has 9 rings (SSSR count). The highest BCUT2D eigenvalue weighted by atomic mass is 15.2. The van der Waals surface area contributed by atoms with Crippen LogP contribution in [-0.2, 0) is 5.41 Å². The van der Waals surface area contributed by atoms with Gasteiger partial charge in [-0.15, -0.1) is 0 Å². The molecular formula is C39H30N2. The van der Waals surface area contributed by atoms with Crippen LogP contribution in [-0.4, -0.2) is 6.04 Å². The first-order chi connectivity index (χ1) is 20.1. The van der Waals surface area contributed by atoms with Gasteiger partial charge in [-0.05, 0) is 63.7 Å². The van der Waals surface area contributed by atoms with Crippen molar-refractivity contribution in [3.63, 3.8) is 0 Å². The van der Waals surface area contributed by atoms with E-state index in [-0.39, 0.29) is 11.5 Å². The van der Waals surface area contributed by atoms with Crippen LogP contribution in [0, 0.1) is 0 Å². The van der Waals surface area contributed by atoms with E-state index in [2.05, 4.69) is 151 Å². The second kappa shape index (κ2) is 8.11. The molecule has 0 spiro atoms. The second-order valence-corrected chi connectivity index (χ2v) is 12.2. The Hall–Kier alpha value is -4.82. The highest BCUT2D eigenvalue weighted by Gasteiger charge is 2.54. The number of nitrogens with zero attached hydrogens (tertiary/aromatic N) is 1. The molecule has 0 bridgehead atoms. The minimum absolute atomic E-state index is 0.0115. The average molecular weight is 527 g/mol. The molecule has 1 N–H and O–H groups in total. The van der Waals surface area contributed by atoms with Crippen LogP contribution in [0.1, 0.15) is 36.5 Å². The molecule has 0 amide bonds. The standard InChI is InChI=1S/C39H30N2/c1-39(2)30-17-9-16-29-35(30)37-31(39)22-21-28-27-15-6-7-19-33(27)41(38(28)37)34-20-10-18-32(36(29)34)40-26-14-8-13-25(23-26)24-11-4-3-5-12-24/h3-23,37-38,40H,1-2H3. The topological polar surface area (TPSA) is 15.3 Å². The molecule has 2 aliphatic carbocycles. The SMILES string of the molecule is CC1(C)C2=CC=C3c4ccccc4N4c5cccc(Nc6cccc(-c7ccccc7)c6)c5-c5cccc1c5C2C34. The zero-order chi connectivity index (χ0) is 27.3. The average Bonchev–Trinajstić information content (AvgIpc) is 3.41. The number of hydrogen-bond acceptors (Lipinski definition) is 2. The van der Waals surface area contributed by atoms with Gasteiger partial charge in [0.1, 0.15) is 0 Å². The lowest BCUT2D eigenvalue weighted by Gasteiger charge is -2.36. The summed E-state index contributed by atoms with van der Waals surface area (Å²) in [7, 11) is 0. The van der Waals surface area contributed by atoms with Crippen molar-refractivity contribution in [3.05, 3.63) is 150 Å². The monoisotopic (exact) mass is 526 g/mol. The van der Waals surface area contributed by atoms with Gasteiger partial charge < -0.3 is 10.2 Å². The number of benzene rings is 5. The van der Waals surface area contributed by atoms with Gasteiger partial charge in [-0.1, -0.05) is 117 Å². The predicted octanol–water partition coefficient (Wildman–Crippen LogP) is 10.00. The van der Waals surface area contributed by atoms with Gasteiger partial charge in [0.15, 0.2) is 0 Å². The number of hydrogen-bond donors (Lipinski definition) is 1. The van der Waals surface area contributed by atoms with E-state index in [4.69, 9.17) is 0 Å². The number of rotatable bonds is 3. The van der Waals surface area contributed by atoms with Crippen molar-refractivity contribution in [2.45, 2.75) is 31.2 Å². The molecular weight excluding hydrogens is 496 g/mol. The summed E-state index contributed by atoms with van der Waals surface area (Å²) in [4.78, 5) is 2.64. The highest BCUT2D eigenvalue weighted by molar-refractivity contribution is 6.04. The molecule has 0 radical (unpaired) electrons. The van der Waals surface area contributed by atoms with Crippen molar-refractivity contribution in [1.29, 1.82) is 0 Å². The van der Waals surface area contributed by atoms with Crippen molar-refractivity contribution in [3.8, 4) is 22.3 Å². The lowest BCUT2D eigenvalue weighted by atomic mass is 9.75. The Balaban J connectivity index is 1.30. The van der Waals surface area contributed by atoms with E-state index >= 15 is 0 Å². The number of anilines is 4. The normalized spacial score (nSPS) is 19.9. The maximum atomic E-state index is 3.87. The summed E-state index contributed by atoms with van der Waals surface area (Å²) < 4.78 is 0. The molecule has 0 fully saturated rings. The summed E-state index contributed by atoms with van der Waals surface area (Å²) in [5.74, 6) is 0.324. The maximum absolute atomic E-state index is 3.87. The Labute approximate surface area is 241 Å². The molecule has 41 heavy (non-hydrogen) atoms. The third kappa shape index (κ3) is 3.02. The van der Waals surface area contributed by atoms with Gasteiger partial charge in [-0.3, -0.25) is 0 Å². The van der Waals surface area contributed by atoms with Gasteiger partial charge in [-0.2, -0.15) is 0 Å². The fraction of sp³-hybridized carbons (Fsp3) is 0.128. The van der Waals surface area contributed by atoms with E-state index < -0.39 is 0 Å². The van der Waals surface area contributed by atoms with E-state index in [0.29, 0.717) is 5.92 Å². The summed E-state index contributed by atoms with van der Waals surface area (Å²) in [6.45, 7) is 4.82. The predicted molar refractivity (Wildman–Crippen MR) is 171 cm³/mol. The minimum Gasteiger partial charge on any atom is -0.355 e. The van der Waals surface area contributed by atoms with Gasteiger partial charge in [0.25, 0.3) is 0 Å². The largest absolute Gasteiger partial charge is 0.355 e. The third-order valence-corrected chi connectivity index (χ3v) is 9.80. The van der Waals surface area contributed by atoms with Crippen LogP contribution in [0.3, 0.4) is 0 Å². The van der Waals surface area contributed by atoms with Gasteiger partial charge in [0.05, 0.1) is 11.7 Å². The number of fused-ring (bicyclic) bond motifs is 6. The van der Waals surface area contributed by atoms with Crippen LogP contribution in [0.25, 0.3) is 27.8 Å². The first-order valence-electron chi connectivity index (χ1n) is 14.6. The summed E-state index contributed by atoms with van der Waals surface area (Å²) in [5, 5.41) is 3.87. The smallest absolute Gasteiger partial charge is 0.0705 e. The van der Waals surface area contributed by atoms with E-state index in [1.54, 1.807) is 0 Å². The first kappa shape index (κ1) is 22.9. The molecule has 196 valence electrons. The summed E-state index contributed by atoms with van der Waals surface area (Å²) in [5.41, 5.74) is 17.2. The third-order valence-electron chi connectivity index (χ3n) is 9.80. The molecule has 5 aromatic carbocycles. The van der Waals surface area contributed by atoms with Crippen LogP contribution in [0.2, 0.25) is 0 Å². The molecule has 0 saturated carbocycles. The van der Waals surface area contributed by atoms with Crippen molar-refractivity contribution >= 4 is 28.3 Å². The van der Waals surface area contributed by atoms with Gasteiger partial charge in [0.2, 0.25) is 0 Å². The first-order valence-corrected chi connectivity index (χ1v) is 14.6. The Morgan fingerprint density at radius 1 is 0.659 bits per heavy atom. The molecule has 2 nitrogen and oxygen atoms in total. The van der Waals surface area contributed by atoms with E-state index in [0.717, 1.165) is 11.4 Å². The van der Waals surface area contributed by atoms with Crippen LogP contribution in [0.5, 0.6) is 0 Å². The van der Waals surface area contributed by atoms with E-state index in [1.807, 2.05) is 0 Å². The fourth-order valence-corrected chi connectivity index (χ4v) is 8.05. The quantitative estimate of drug-likeness (QED) is 0.252. The number of nitrogens with one attached hydrogen (secondary N) is 1. The van der Waals surface area contributed by atoms with Crippen molar-refractivity contribution < 1.29 is 0 Å². The van der Waals surface area contributed by atoms with E-state index in [9.17, 15) is 0 Å². The Morgan fingerprint density at radius 2 is 1.39 bits per heavy atom. The summed E-state index contributed by atoms with van der Waals surface area (Å²) >= 11 is 0. The van der Waals surface area contributed by atoms with Crippen LogP contribution < -0.4 is 10.2 Å². The zero-order valence-corrected chi connectivity index (χ0v) is 23.2. The lowest BCUT2D eigenvalue weighted by Crippen LogP contribution is -2.34. The number of para-hydroxylation sites is 1. The Morgan fingerprint density at radius 3 is 2.29 bits per heavy atom. The zero-order valence-electron chi connectivity index (χ0n) is 23.2. The van der Waals surface area contributed by atoms with Gasteiger partial charge in [-0.25, -0.2) is 0 Å². The Kier molecular flexibility index (Phi) is 4.54. The molecule has 2 heterocycles. The molecule has 2 aliphatic heterocycles. The molecule has 2 heteroatoms. The Bertz CT molecular complexity index is 1960. The summed E-state index contributed by atoms with van der Waals surface area (Å²) in [6.07, 6.45) is 4.84. The maximum Gasteiger partial charge on any atom is 0.0705 e. The van der Waals surface area contributed by atoms with E-state index in [1.165, 1.54) is 61.5 Å². The molecule has 2 atom stereocenters. The van der Waals surface area contributed by atoms with Gasteiger partial charge >= 0.3 is 0 Å². The number of allylic oxidation sites excluding steroid dienone is 2. The van der Waals surface area contributed by atoms with Crippen molar-refractivity contribution in [2.24, 2.45) is 0 Å². The van der Waals surface area contributed by atoms with Crippen molar-refractivity contribution in [1.82, 2.24) is 0 Å². The molecule has 0 saturated heterocycles. The van der Waals surface area contributed by atoms with Crippen molar-refractivity contribution in [2.75, 3.05) is 10.2 Å². The fourth-order valence-electron chi connectivity index (χ4n) is 8.05. The van der Waals surface area contributed by atoms with Crippen LogP contribution in [0.4, 0.5) is 22.7 Å². The van der Waals surface area contributed by atoms with Gasteiger partial charge in [0, 0.05) is 39.5 Å². The minimum atomic E-state index is -0.0115. The molecule has 4 aliphatic rings. The molecule has 5 aromatic rings. The lowest BCUT2D eigenvalue weighted by molar-refractivity contribution is 0.592. The summed E-state index contributed by atoms with van der Waals surface area (Å²) in [6, 6.07) is 42.4. The highest BCUT2D eigenvalue weighted by Crippen LogP contribution is 2.65. The molecule has 0 aromatic heterocycles. The van der Waals surface area contributed by atoms with Crippen LogP contribution >= 0.6 is 0 Å².